The van der Waals surface area contributed by atoms with E-state index in [2.05, 4.69) is 5.32 Å². The highest BCUT2D eigenvalue weighted by Crippen LogP contribution is 2.26. The maximum Gasteiger partial charge on any atom is 0.305 e. The summed E-state index contributed by atoms with van der Waals surface area (Å²) in [5.74, 6) is -0.979. The van der Waals surface area contributed by atoms with Crippen molar-refractivity contribution in [1.82, 2.24) is 5.32 Å². The fourth-order valence-electron chi connectivity index (χ4n) is 1.17. The maximum absolute atomic E-state index is 11.4. The van der Waals surface area contributed by atoms with Crippen LogP contribution in [0.15, 0.2) is 0 Å². The molecule has 0 aliphatic heterocycles. The number of ether oxygens (including phenoxy) is 1. The van der Waals surface area contributed by atoms with Crippen LogP contribution in [0, 0.1) is 0 Å². The van der Waals surface area contributed by atoms with Gasteiger partial charge in [0.1, 0.15) is 0 Å². The molecule has 0 heterocycles. The Labute approximate surface area is 116 Å². The highest BCUT2D eigenvalue weighted by Gasteiger charge is 2.31. The Morgan fingerprint density at radius 1 is 1.29 bits per heavy atom. The lowest BCUT2D eigenvalue weighted by Gasteiger charge is -2.19. The maximum atomic E-state index is 11.4. The topological polar surface area (TPSA) is 55.4 Å². The Kier molecular flexibility index (Phi) is 7.92. The summed E-state index contributed by atoms with van der Waals surface area (Å²) >= 11 is 16.3. The number of amides is 1. The van der Waals surface area contributed by atoms with Crippen molar-refractivity contribution in [3.05, 3.63) is 0 Å². The number of carbonyl (C=O) groups excluding carboxylic acids is 2. The van der Waals surface area contributed by atoms with E-state index in [9.17, 15) is 9.59 Å². The molecular formula is C10H16Cl3NO3. The van der Waals surface area contributed by atoms with Gasteiger partial charge in [-0.05, 0) is 19.8 Å². The van der Waals surface area contributed by atoms with Crippen LogP contribution < -0.4 is 5.32 Å². The van der Waals surface area contributed by atoms with Crippen LogP contribution in [0.4, 0.5) is 0 Å². The van der Waals surface area contributed by atoms with Gasteiger partial charge in [-0.1, -0.05) is 41.7 Å². The lowest BCUT2D eigenvalue weighted by molar-refractivity contribution is -0.143. The Morgan fingerprint density at radius 2 is 1.88 bits per heavy atom. The lowest BCUT2D eigenvalue weighted by Crippen LogP contribution is -2.41. The number of nitrogens with one attached hydrogen (secondary N) is 1. The molecule has 1 N–H and O–H groups in total. The zero-order chi connectivity index (χ0) is 13.5. The Hall–Kier alpha value is -0.190. The summed E-state index contributed by atoms with van der Waals surface area (Å²) in [4.78, 5) is 22.5. The lowest BCUT2D eigenvalue weighted by atomic mass is 10.1. The van der Waals surface area contributed by atoms with E-state index in [4.69, 9.17) is 39.5 Å². The highest BCUT2D eigenvalue weighted by molar-refractivity contribution is 6.76. The largest absolute Gasteiger partial charge is 0.466 e. The molecule has 0 aromatic rings. The molecule has 0 saturated carbocycles. The van der Waals surface area contributed by atoms with Gasteiger partial charge in [-0.15, -0.1) is 0 Å². The molecule has 100 valence electrons. The number of carbonyl (C=O) groups is 2. The van der Waals surface area contributed by atoms with Gasteiger partial charge >= 0.3 is 5.97 Å². The van der Waals surface area contributed by atoms with Gasteiger partial charge in [-0.25, -0.2) is 0 Å². The summed E-state index contributed by atoms with van der Waals surface area (Å²) in [6.07, 6.45) is 1.33. The molecule has 0 aromatic heterocycles. The molecular weight excluding hydrogens is 288 g/mol. The van der Waals surface area contributed by atoms with Crippen molar-refractivity contribution in [3.63, 3.8) is 0 Å². The van der Waals surface area contributed by atoms with Crippen LogP contribution >= 0.6 is 34.8 Å². The second-order valence-corrected chi connectivity index (χ2v) is 5.70. The predicted molar refractivity (Wildman–Crippen MR) is 68.4 cm³/mol. The van der Waals surface area contributed by atoms with Gasteiger partial charge in [0.2, 0.25) is 0 Å². The van der Waals surface area contributed by atoms with Gasteiger partial charge < -0.3 is 10.1 Å². The van der Waals surface area contributed by atoms with Crippen molar-refractivity contribution in [2.24, 2.45) is 0 Å². The molecule has 0 aromatic carbocycles. The minimum absolute atomic E-state index is 0.206. The van der Waals surface area contributed by atoms with E-state index < -0.39 is 9.70 Å². The first-order valence-corrected chi connectivity index (χ1v) is 6.47. The molecule has 17 heavy (non-hydrogen) atoms. The Bertz CT molecular complexity index is 266. The van der Waals surface area contributed by atoms with E-state index in [-0.39, 0.29) is 18.4 Å². The molecule has 0 rings (SSSR count). The van der Waals surface area contributed by atoms with Crippen molar-refractivity contribution in [2.45, 2.75) is 42.9 Å². The van der Waals surface area contributed by atoms with Gasteiger partial charge in [0, 0.05) is 12.5 Å². The van der Waals surface area contributed by atoms with Gasteiger partial charge in [0.05, 0.1) is 6.61 Å². The van der Waals surface area contributed by atoms with Crippen molar-refractivity contribution < 1.29 is 14.3 Å². The van der Waals surface area contributed by atoms with E-state index >= 15 is 0 Å². The summed E-state index contributed by atoms with van der Waals surface area (Å²) in [6.45, 7) is 3.95. The molecule has 0 aliphatic rings. The first-order valence-electron chi connectivity index (χ1n) is 5.34. The first-order chi connectivity index (χ1) is 7.81. The van der Waals surface area contributed by atoms with Crippen molar-refractivity contribution in [1.29, 1.82) is 0 Å². The Morgan fingerprint density at radius 3 is 2.29 bits per heavy atom. The number of esters is 1. The molecule has 7 heteroatoms. The molecule has 0 fully saturated rings. The number of alkyl halides is 3. The van der Waals surface area contributed by atoms with Crippen LogP contribution in [-0.4, -0.2) is 28.3 Å². The normalized spacial score (nSPS) is 13.0. The van der Waals surface area contributed by atoms with E-state index in [1.165, 1.54) is 0 Å². The summed E-state index contributed by atoms with van der Waals surface area (Å²) in [5, 5.41) is 2.56. The van der Waals surface area contributed by atoms with Gasteiger partial charge in [0.25, 0.3) is 9.70 Å². The van der Waals surface area contributed by atoms with E-state index in [0.717, 1.165) is 0 Å². The van der Waals surface area contributed by atoms with Crippen LogP contribution in [-0.2, 0) is 14.3 Å². The minimum atomic E-state index is -1.97. The van der Waals surface area contributed by atoms with Gasteiger partial charge in [-0.2, -0.15) is 0 Å². The molecule has 0 aliphatic carbocycles. The van der Waals surface area contributed by atoms with Crippen LogP contribution in [0.25, 0.3) is 0 Å². The molecule has 0 spiro atoms. The summed E-state index contributed by atoms with van der Waals surface area (Å²) in [5.41, 5.74) is 0. The Balaban J connectivity index is 4.09. The molecule has 0 saturated heterocycles. The third-order valence-corrected chi connectivity index (χ3v) is 2.60. The van der Waals surface area contributed by atoms with E-state index in [1.54, 1.807) is 6.92 Å². The average Bonchev–Trinajstić information content (AvgIpc) is 2.22. The molecule has 1 unspecified atom stereocenters. The summed E-state index contributed by atoms with van der Waals surface area (Å²) < 4.78 is 2.80. The zero-order valence-electron chi connectivity index (χ0n) is 9.76. The molecule has 4 nitrogen and oxygen atoms in total. The van der Waals surface area contributed by atoms with Crippen LogP contribution in [0.5, 0.6) is 0 Å². The first kappa shape index (κ1) is 16.8. The molecule has 0 radical (unpaired) electrons. The third-order valence-electron chi connectivity index (χ3n) is 2.09. The number of hydrogen-bond acceptors (Lipinski definition) is 3. The number of halogens is 3. The van der Waals surface area contributed by atoms with E-state index in [0.29, 0.717) is 19.4 Å². The zero-order valence-corrected chi connectivity index (χ0v) is 12.0. The fourth-order valence-corrected chi connectivity index (χ4v) is 1.33. The van der Waals surface area contributed by atoms with Crippen LogP contribution in [0.3, 0.4) is 0 Å². The molecule has 1 atom stereocenters. The number of rotatable bonds is 6. The second-order valence-electron chi connectivity index (χ2n) is 3.42. The predicted octanol–water partition coefficient (Wildman–Crippen LogP) is 2.59. The summed E-state index contributed by atoms with van der Waals surface area (Å²) in [6, 6.07) is -0.206. The highest BCUT2D eigenvalue weighted by atomic mass is 35.6. The van der Waals surface area contributed by atoms with E-state index in [1.807, 2.05) is 6.92 Å². The molecule has 0 bridgehead atoms. The van der Waals surface area contributed by atoms with Gasteiger partial charge in [-0.3, -0.25) is 9.59 Å². The SMILES string of the molecule is CCOC(=O)CCC(CC)NC(=O)C(Cl)(Cl)Cl. The smallest absolute Gasteiger partial charge is 0.305 e. The van der Waals surface area contributed by atoms with Crippen molar-refractivity contribution >= 4 is 46.7 Å². The average molecular weight is 305 g/mol. The van der Waals surface area contributed by atoms with Crippen LogP contribution in [0.2, 0.25) is 0 Å². The second kappa shape index (κ2) is 8.01. The number of hydrogen-bond donors (Lipinski definition) is 1. The minimum Gasteiger partial charge on any atom is -0.466 e. The standard InChI is InChI=1S/C10H16Cl3NO3/c1-3-7(5-6-8(15)17-4-2)14-9(16)10(11,12)13/h7H,3-6H2,1-2H3,(H,14,16). The third kappa shape index (κ3) is 7.68. The monoisotopic (exact) mass is 303 g/mol. The quantitative estimate of drug-likeness (QED) is 0.606. The van der Waals surface area contributed by atoms with Crippen LogP contribution in [0.1, 0.15) is 33.1 Å². The van der Waals surface area contributed by atoms with Crippen molar-refractivity contribution in [3.8, 4) is 0 Å². The fraction of sp³-hybridized carbons (Fsp3) is 0.800. The molecule has 1 amide bonds. The van der Waals surface area contributed by atoms with Crippen molar-refractivity contribution in [2.75, 3.05) is 6.61 Å². The summed E-state index contributed by atoms with van der Waals surface area (Å²) in [7, 11) is 0. The van der Waals surface area contributed by atoms with Gasteiger partial charge in [0.15, 0.2) is 0 Å².